The van der Waals surface area contributed by atoms with E-state index in [1.165, 1.54) is 4.88 Å². The fourth-order valence-corrected chi connectivity index (χ4v) is 4.26. The first-order valence-corrected chi connectivity index (χ1v) is 8.96. The number of hydrogen-bond donors (Lipinski definition) is 1. The second-order valence-electron chi connectivity index (χ2n) is 6.88. The van der Waals surface area contributed by atoms with Crippen LogP contribution in [0.2, 0.25) is 4.34 Å². The van der Waals surface area contributed by atoms with Crippen molar-refractivity contribution in [3.05, 3.63) is 33.0 Å². The smallest absolute Gasteiger partial charge is 0.0931 e. The van der Waals surface area contributed by atoms with Crippen molar-refractivity contribution in [1.82, 2.24) is 4.90 Å². The average molecular weight is 327 g/mol. The molecular weight excluding hydrogens is 300 g/mol. The van der Waals surface area contributed by atoms with Crippen LogP contribution in [-0.2, 0) is 0 Å². The summed E-state index contributed by atoms with van der Waals surface area (Å²) in [6.45, 7) is 11.1. The number of nitrogens with zero attached hydrogens (tertiary/aromatic N) is 1. The summed E-state index contributed by atoms with van der Waals surface area (Å²) in [5, 5.41) is 0. The molecule has 2 N–H and O–H groups in total. The van der Waals surface area contributed by atoms with Gasteiger partial charge in [0.2, 0.25) is 0 Å². The summed E-state index contributed by atoms with van der Waals surface area (Å²) < 4.78 is 0.848. The van der Waals surface area contributed by atoms with E-state index < -0.39 is 0 Å². The Bertz CT molecular complexity index is 501. The first-order valence-electron chi connectivity index (χ1n) is 7.77. The zero-order valence-corrected chi connectivity index (χ0v) is 15.1. The normalized spacial score (nSPS) is 20.2. The fraction of sp³-hybridized carbons (Fsp3) is 0.647. The summed E-state index contributed by atoms with van der Waals surface area (Å²) in [6, 6.07) is 4.56. The Balaban J connectivity index is 2.19. The quantitative estimate of drug-likeness (QED) is 0.801. The Kier molecular flexibility index (Phi) is 5.53. The predicted molar refractivity (Wildman–Crippen MR) is 94.1 cm³/mol. The monoisotopic (exact) mass is 326 g/mol. The van der Waals surface area contributed by atoms with Gasteiger partial charge in [-0.15, -0.1) is 11.3 Å². The van der Waals surface area contributed by atoms with Gasteiger partial charge in [0.1, 0.15) is 0 Å². The molecular formula is C17H27ClN2S. The van der Waals surface area contributed by atoms with Crippen molar-refractivity contribution in [3.63, 3.8) is 0 Å². The standard InChI is InChI=1S/C17H27ClN2S/c1-5-13(19)16(14-6-7-15(18)21-14)20-10-8-12(9-11-20)17(2,3)4/h6-8,13,16H,5,9-11,19H2,1-4H3. The summed E-state index contributed by atoms with van der Waals surface area (Å²) in [5.41, 5.74) is 8.25. The van der Waals surface area contributed by atoms with E-state index in [2.05, 4.69) is 44.7 Å². The Morgan fingerprint density at radius 2 is 2.10 bits per heavy atom. The number of rotatable bonds is 4. The van der Waals surface area contributed by atoms with Gasteiger partial charge in [-0.1, -0.05) is 50.9 Å². The predicted octanol–water partition coefficient (Wildman–Crippen LogP) is 4.86. The number of halogens is 1. The molecule has 1 aliphatic rings. The molecule has 0 saturated carbocycles. The molecule has 0 fully saturated rings. The van der Waals surface area contributed by atoms with Gasteiger partial charge in [0, 0.05) is 24.0 Å². The molecule has 0 aliphatic carbocycles. The van der Waals surface area contributed by atoms with E-state index in [1.54, 1.807) is 16.9 Å². The van der Waals surface area contributed by atoms with Crippen LogP contribution in [0.4, 0.5) is 0 Å². The van der Waals surface area contributed by atoms with Crippen molar-refractivity contribution < 1.29 is 0 Å². The van der Waals surface area contributed by atoms with Crippen molar-refractivity contribution in [2.75, 3.05) is 13.1 Å². The van der Waals surface area contributed by atoms with Gasteiger partial charge in [-0.05, 0) is 30.4 Å². The van der Waals surface area contributed by atoms with Crippen LogP contribution in [-0.4, -0.2) is 24.0 Å². The van der Waals surface area contributed by atoms with Crippen LogP contribution in [0.5, 0.6) is 0 Å². The zero-order valence-electron chi connectivity index (χ0n) is 13.5. The van der Waals surface area contributed by atoms with Gasteiger partial charge in [0.15, 0.2) is 0 Å². The SMILES string of the molecule is CCC(N)C(c1ccc(Cl)s1)N1CC=C(C(C)(C)C)CC1. The van der Waals surface area contributed by atoms with Crippen molar-refractivity contribution in [2.24, 2.45) is 11.1 Å². The summed E-state index contributed by atoms with van der Waals surface area (Å²) >= 11 is 7.78. The van der Waals surface area contributed by atoms with E-state index in [9.17, 15) is 0 Å². The molecule has 0 saturated heterocycles. The minimum Gasteiger partial charge on any atom is -0.326 e. The molecule has 2 unspecified atom stereocenters. The lowest BCUT2D eigenvalue weighted by Gasteiger charge is -2.38. The Morgan fingerprint density at radius 1 is 1.38 bits per heavy atom. The van der Waals surface area contributed by atoms with Gasteiger partial charge in [-0.2, -0.15) is 0 Å². The lowest BCUT2D eigenvalue weighted by Crippen LogP contribution is -2.43. The Labute approximate surface area is 138 Å². The first-order chi connectivity index (χ1) is 9.82. The highest BCUT2D eigenvalue weighted by Gasteiger charge is 2.30. The Hall–Kier alpha value is -0.350. The van der Waals surface area contributed by atoms with Crippen LogP contribution in [0.3, 0.4) is 0 Å². The van der Waals surface area contributed by atoms with E-state index in [1.807, 2.05) is 6.07 Å². The van der Waals surface area contributed by atoms with Gasteiger partial charge in [-0.3, -0.25) is 4.90 Å². The van der Waals surface area contributed by atoms with E-state index >= 15 is 0 Å². The second-order valence-corrected chi connectivity index (χ2v) is 8.63. The van der Waals surface area contributed by atoms with Crippen LogP contribution < -0.4 is 5.73 Å². The molecule has 4 heteroatoms. The fourth-order valence-electron chi connectivity index (χ4n) is 2.99. The molecule has 2 heterocycles. The molecule has 0 amide bonds. The topological polar surface area (TPSA) is 29.3 Å². The molecule has 2 atom stereocenters. The molecule has 0 bridgehead atoms. The molecule has 118 valence electrons. The van der Waals surface area contributed by atoms with Crippen molar-refractivity contribution in [2.45, 2.75) is 52.6 Å². The molecule has 0 aromatic carbocycles. The maximum absolute atomic E-state index is 6.41. The highest BCUT2D eigenvalue weighted by molar-refractivity contribution is 7.16. The van der Waals surface area contributed by atoms with Crippen LogP contribution in [0.15, 0.2) is 23.8 Å². The maximum atomic E-state index is 6.41. The third-order valence-corrected chi connectivity index (χ3v) is 5.66. The summed E-state index contributed by atoms with van der Waals surface area (Å²) in [6.07, 6.45) is 4.51. The maximum Gasteiger partial charge on any atom is 0.0931 e. The van der Waals surface area contributed by atoms with E-state index in [0.29, 0.717) is 0 Å². The van der Waals surface area contributed by atoms with Crippen LogP contribution in [0, 0.1) is 5.41 Å². The Morgan fingerprint density at radius 3 is 2.52 bits per heavy atom. The van der Waals surface area contributed by atoms with Crippen molar-refractivity contribution in [1.29, 1.82) is 0 Å². The zero-order chi connectivity index (χ0) is 15.6. The van der Waals surface area contributed by atoms with Gasteiger partial charge in [0.05, 0.1) is 10.4 Å². The van der Waals surface area contributed by atoms with Gasteiger partial charge >= 0.3 is 0 Å². The third kappa shape index (κ3) is 4.10. The van der Waals surface area contributed by atoms with Gasteiger partial charge in [0.25, 0.3) is 0 Å². The highest BCUT2D eigenvalue weighted by Crippen LogP contribution is 2.36. The molecule has 1 aromatic rings. The lowest BCUT2D eigenvalue weighted by atomic mass is 9.82. The molecule has 1 aliphatic heterocycles. The largest absolute Gasteiger partial charge is 0.326 e. The molecule has 2 nitrogen and oxygen atoms in total. The first kappa shape index (κ1) is 17.0. The molecule has 2 rings (SSSR count). The second kappa shape index (κ2) is 6.82. The van der Waals surface area contributed by atoms with Gasteiger partial charge in [-0.25, -0.2) is 0 Å². The van der Waals surface area contributed by atoms with Gasteiger partial charge < -0.3 is 5.73 Å². The molecule has 0 spiro atoms. The third-order valence-electron chi connectivity index (χ3n) is 4.36. The molecule has 0 radical (unpaired) electrons. The average Bonchev–Trinajstić information content (AvgIpc) is 2.84. The van der Waals surface area contributed by atoms with Crippen LogP contribution in [0.1, 0.15) is 51.5 Å². The molecule has 1 aromatic heterocycles. The molecule has 21 heavy (non-hydrogen) atoms. The van der Waals surface area contributed by atoms with Crippen molar-refractivity contribution in [3.8, 4) is 0 Å². The summed E-state index contributed by atoms with van der Waals surface area (Å²) in [5.74, 6) is 0. The van der Waals surface area contributed by atoms with Crippen LogP contribution >= 0.6 is 22.9 Å². The minimum atomic E-state index is 0.157. The number of nitrogens with two attached hydrogens (primary N) is 1. The number of thiophene rings is 1. The minimum absolute atomic E-state index is 0.157. The van der Waals surface area contributed by atoms with E-state index in [-0.39, 0.29) is 17.5 Å². The summed E-state index contributed by atoms with van der Waals surface area (Å²) in [4.78, 5) is 3.80. The van der Waals surface area contributed by atoms with E-state index in [4.69, 9.17) is 17.3 Å². The number of hydrogen-bond acceptors (Lipinski definition) is 3. The lowest BCUT2D eigenvalue weighted by molar-refractivity contribution is 0.179. The van der Waals surface area contributed by atoms with Crippen molar-refractivity contribution >= 4 is 22.9 Å². The van der Waals surface area contributed by atoms with E-state index in [0.717, 1.165) is 30.3 Å². The van der Waals surface area contributed by atoms with Crippen LogP contribution in [0.25, 0.3) is 0 Å². The summed E-state index contributed by atoms with van der Waals surface area (Å²) in [7, 11) is 0. The highest BCUT2D eigenvalue weighted by atomic mass is 35.5.